The van der Waals surface area contributed by atoms with Crippen molar-refractivity contribution in [2.45, 2.75) is 26.2 Å². The minimum atomic E-state index is -0.325. The second-order valence-corrected chi connectivity index (χ2v) is 5.67. The highest BCUT2D eigenvalue weighted by atomic mass is 32.1. The summed E-state index contributed by atoms with van der Waals surface area (Å²) in [5.74, 6) is -1.15. The molecule has 2 unspecified atom stereocenters. The van der Waals surface area contributed by atoms with Crippen molar-refractivity contribution in [2.75, 3.05) is 13.1 Å². The van der Waals surface area contributed by atoms with Crippen molar-refractivity contribution in [3.8, 4) is 0 Å². The van der Waals surface area contributed by atoms with Crippen LogP contribution in [0.15, 0.2) is 12.2 Å². The van der Waals surface area contributed by atoms with Crippen LogP contribution in [0.3, 0.4) is 0 Å². The molecule has 0 spiro atoms. The van der Waals surface area contributed by atoms with Crippen molar-refractivity contribution in [3.63, 3.8) is 0 Å². The lowest BCUT2D eigenvalue weighted by Crippen LogP contribution is -2.47. The van der Waals surface area contributed by atoms with Crippen LogP contribution >= 0.6 is 12.2 Å². The summed E-state index contributed by atoms with van der Waals surface area (Å²) >= 11 is 4.91. The van der Waals surface area contributed by atoms with E-state index in [1.54, 1.807) is 0 Å². The molecule has 1 aliphatic carbocycles. The fraction of sp³-hybridized carbons (Fsp3) is 0.571. The van der Waals surface area contributed by atoms with Gasteiger partial charge in [-0.2, -0.15) is 0 Å². The number of nitrogens with one attached hydrogen (secondary N) is 3. The van der Waals surface area contributed by atoms with Gasteiger partial charge < -0.3 is 5.32 Å². The van der Waals surface area contributed by atoms with Gasteiger partial charge in [-0.3, -0.25) is 30.1 Å². The number of carbonyl (C=O) groups is 3. The second-order valence-electron chi connectivity index (χ2n) is 5.27. The standard InChI is InChI=1S/C14H20N4O3S/c1-2-15-14(22)17-16-11(19)7-8-18-12(20)9-5-3-4-6-10(9)13(18)21/h3-4,9-10H,2,5-8H2,1H3,(H,16,19)(H2,15,17,22). The van der Waals surface area contributed by atoms with Crippen LogP contribution in [0.4, 0.5) is 0 Å². The zero-order valence-corrected chi connectivity index (χ0v) is 13.2. The summed E-state index contributed by atoms with van der Waals surface area (Å²) in [6, 6.07) is 0. The SMILES string of the molecule is CCNC(=S)NNC(=O)CCN1C(=O)C2CC=CCC2C1=O. The van der Waals surface area contributed by atoms with Crippen LogP contribution in [0.2, 0.25) is 0 Å². The zero-order valence-electron chi connectivity index (χ0n) is 12.4. The number of thiocarbonyl (C=S) groups is 1. The minimum absolute atomic E-state index is 0.0477. The number of allylic oxidation sites excluding steroid dienone is 2. The van der Waals surface area contributed by atoms with Crippen LogP contribution in [0.5, 0.6) is 0 Å². The maximum Gasteiger partial charge on any atom is 0.240 e. The van der Waals surface area contributed by atoms with Gasteiger partial charge in [0.1, 0.15) is 0 Å². The molecule has 1 saturated heterocycles. The summed E-state index contributed by atoms with van der Waals surface area (Å²) in [5, 5.41) is 3.15. The van der Waals surface area contributed by atoms with E-state index in [2.05, 4.69) is 16.2 Å². The molecule has 2 rings (SSSR count). The normalized spacial score (nSPS) is 23.2. The Kier molecular flexibility index (Phi) is 5.48. The van der Waals surface area contributed by atoms with E-state index in [9.17, 15) is 14.4 Å². The average Bonchev–Trinajstić information content (AvgIpc) is 2.76. The zero-order chi connectivity index (χ0) is 16.1. The van der Waals surface area contributed by atoms with Crippen molar-refractivity contribution in [1.82, 2.24) is 21.1 Å². The summed E-state index contributed by atoms with van der Waals surface area (Å²) < 4.78 is 0. The Hall–Kier alpha value is -1.96. The summed E-state index contributed by atoms with van der Waals surface area (Å²) in [7, 11) is 0. The fourth-order valence-corrected chi connectivity index (χ4v) is 2.89. The largest absolute Gasteiger partial charge is 0.362 e. The van der Waals surface area contributed by atoms with Gasteiger partial charge in [0, 0.05) is 19.5 Å². The van der Waals surface area contributed by atoms with E-state index in [4.69, 9.17) is 12.2 Å². The van der Waals surface area contributed by atoms with Crippen LogP contribution in [-0.2, 0) is 14.4 Å². The molecule has 0 aromatic heterocycles. The lowest BCUT2D eigenvalue weighted by atomic mass is 9.85. The third kappa shape index (κ3) is 3.62. The summed E-state index contributed by atoms with van der Waals surface area (Å²) in [6.45, 7) is 2.64. The van der Waals surface area contributed by atoms with Crippen LogP contribution in [0.25, 0.3) is 0 Å². The second kappa shape index (κ2) is 7.35. The van der Waals surface area contributed by atoms with E-state index in [0.717, 1.165) is 0 Å². The maximum atomic E-state index is 12.2. The van der Waals surface area contributed by atoms with E-state index in [-0.39, 0.29) is 42.5 Å². The van der Waals surface area contributed by atoms with E-state index in [1.807, 2.05) is 19.1 Å². The van der Waals surface area contributed by atoms with Gasteiger partial charge in [-0.15, -0.1) is 0 Å². The number of amides is 3. The third-order valence-corrected chi connectivity index (χ3v) is 4.06. The van der Waals surface area contributed by atoms with Crippen molar-refractivity contribution in [1.29, 1.82) is 0 Å². The van der Waals surface area contributed by atoms with E-state index in [0.29, 0.717) is 24.5 Å². The van der Waals surface area contributed by atoms with Gasteiger partial charge in [-0.25, -0.2) is 0 Å². The molecule has 3 amide bonds. The van der Waals surface area contributed by atoms with Gasteiger partial charge in [0.15, 0.2) is 5.11 Å². The summed E-state index contributed by atoms with van der Waals surface area (Å²) in [4.78, 5) is 37.3. The number of likely N-dealkylation sites (tertiary alicyclic amines) is 1. The molecule has 3 N–H and O–H groups in total. The highest BCUT2D eigenvalue weighted by Crippen LogP contribution is 2.34. The van der Waals surface area contributed by atoms with Crippen LogP contribution in [0, 0.1) is 11.8 Å². The molecule has 0 bridgehead atoms. The molecule has 0 radical (unpaired) electrons. The number of carbonyl (C=O) groups excluding carboxylic acids is 3. The van der Waals surface area contributed by atoms with Crippen LogP contribution < -0.4 is 16.2 Å². The monoisotopic (exact) mass is 324 g/mol. The number of rotatable bonds is 4. The first-order chi connectivity index (χ1) is 10.5. The maximum absolute atomic E-state index is 12.2. The first-order valence-electron chi connectivity index (χ1n) is 7.37. The first-order valence-corrected chi connectivity index (χ1v) is 7.78. The lowest BCUT2D eigenvalue weighted by Gasteiger charge is -2.15. The van der Waals surface area contributed by atoms with Gasteiger partial charge in [0.25, 0.3) is 0 Å². The molecule has 0 saturated carbocycles. The number of imide groups is 1. The Morgan fingerprint density at radius 2 is 1.82 bits per heavy atom. The van der Waals surface area contributed by atoms with Crippen molar-refractivity contribution < 1.29 is 14.4 Å². The highest BCUT2D eigenvalue weighted by Gasteiger charge is 2.46. The number of hydrogen-bond donors (Lipinski definition) is 3. The smallest absolute Gasteiger partial charge is 0.240 e. The van der Waals surface area contributed by atoms with Crippen molar-refractivity contribution in [3.05, 3.63) is 12.2 Å². The molecule has 2 atom stereocenters. The number of hydrazine groups is 1. The molecular weight excluding hydrogens is 304 g/mol. The Bertz CT molecular complexity index is 494. The van der Waals surface area contributed by atoms with E-state index >= 15 is 0 Å². The molecule has 120 valence electrons. The number of hydrogen-bond acceptors (Lipinski definition) is 4. The number of fused-ring (bicyclic) bond motifs is 1. The molecule has 1 fully saturated rings. The predicted octanol–water partition coefficient (Wildman–Crippen LogP) is -0.157. The highest BCUT2D eigenvalue weighted by molar-refractivity contribution is 7.80. The quantitative estimate of drug-likeness (QED) is 0.288. The molecule has 7 nitrogen and oxygen atoms in total. The molecule has 0 aromatic carbocycles. The van der Waals surface area contributed by atoms with Crippen molar-refractivity contribution in [2.24, 2.45) is 11.8 Å². The van der Waals surface area contributed by atoms with Crippen LogP contribution in [-0.4, -0.2) is 40.8 Å². The fourth-order valence-electron chi connectivity index (χ4n) is 2.70. The Labute approximate surface area is 134 Å². The Morgan fingerprint density at radius 3 is 2.36 bits per heavy atom. The molecular formula is C14H20N4O3S. The van der Waals surface area contributed by atoms with Gasteiger partial charge >= 0.3 is 0 Å². The predicted molar refractivity (Wildman–Crippen MR) is 84.2 cm³/mol. The van der Waals surface area contributed by atoms with Crippen LogP contribution in [0.1, 0.15) is 26.2 Å². The molecule has 2 aliphatic rings. The molecule has 1 heterocycles. The molecule has 0 aromatic rings. The lowest BCUT2D eigenvalue weighted by molar-refractivity contribution is -0.140. The number of nitrogens with zero attached hydrogens (tertiary/aromatic N) is 1. The van der Waals surface area contributed by atoms with E-state index in [1.165, 1.54) is 4.90 Å². The molecule has 8 heteroatoms. The van der Waals surface area contributed by atoms with Gasteiger partial charge in [-0.05, 0) is 32.0 Å². The van der Waals surface area contributed by atoms with Gasteiger partial charge in [-0.1, -0.05) is 12.2 Å². The first kappa shape index (κ1) is 16.4. The summed E-state index contributed by atoms with van der Waals surface area (Å²) in [6.07, 6.45) is 5.14. The minimum Gasteiger partial charge on any atom is -0.362 e. The van der Waals surface area contributed by atoms with Crippen molar-refractivity contribution >= 4 is 35.1 Å². The average molecular weight is 324 g/mol. The van der Waals surface area contributed by atoms with Gasteiger partial charge in [0.2, 0.25) is 17.7 Å². The molecule has 22 heavy (non-hydrogen) atoms. The summed E-state index contributed by atoms with van der Waals surface area (Å²) in [5.41, 5.74) is 4.98. The van der Waals surface area contributed by atoms with Gasteiger partial charge in [0.05, 0.1) is 11.8 Å². The van der Waals surface area contributed by atoms with E-state index < -0.39 is 0 Å². The Balaban J connectivity index is 1.79. The Morgan fingerprint density at radius 1 is 1.23 bits per heavy atom. The third-order valence-electron chi connectivity index (χ3n) is 3.81. The molecule has 1 aliphatic heterocycles. The topological polar surface area (TPSA) is 90.5 Å².